The molecular weight excluding hydrogens is 368 g/mol. The van der Waals surface area contributed by atoms with Crippen LogP contribution in [0.25, 0.3) is 11.0 Å². The van der Waals surface area contributed by atoms with E-state index in [0.29, 0.717) is 5.69 Å². The number of carbonyl (C=O) groups excluding carboxylic acids is 2. The molecular formula is C22H26N4O3. The van der Waals surface area contributed by atoms with E-state index in [4.69, 9.17) is 4.74 Å². The summed E-state index contributed by atoms with van der Waals surface area (Å²) in [5.41, 5.74) is 2.71. The summed E-state index contributed by atoms with van der Waals surface area (Å²) in [6.45, 7) is 7.31. The van der Waals surface area contributed by atoms with E-state index in [2.05, 4.69) is 20.6 Å². The standard InChI is InChI=1S/C22H26N4O3/c1-14(20-25-17-7-5-6-8-18(17)26-20)23-19(27)13-15-9-11-16(12-10-15)24-21(28)29-22(2,3)4/h5-12,14H,13H2,1-4H3,(H,23,27)(H,24,28)(H,25,26). The Kier molecular flexibility index (Phi) is 5.87. The first-order valence-corrected chi connectivity index (χ1v) is 9.52. The molecule has 152 valence electrons. The Bertz CT molecular complexity index is 970. The second-order valence-electron chi connectivity index (χ2n) is 7.93. The number of nitrogens with zero attached hydrogens (tertiary/aromatic N) is 1. The molecule has 3 rings (SSSR count). The van der Waals surface area contributed by atoms with Crippen LogP contribution in [-0.2, 0) is 16.0 Å². The Balaban J connectivity index is 1.54. The van der Waals surface area contributed by atoms with Crippen LogP contribution in [0, 0.1) is 0 Å². The molecule has 0 aliphatic rings. The molecule has 0 aliphatic heterocycles. The highest BCUT2D eigenvalue weighted by Gasteiger charge is 2.16. The minimum atomic E-state index is -0.557. The number of imidazole rings is 1. The lowest BCUT2D eigenvalue weighted by atomic mass is 10.1. The van der Waals surface area contributed by atoms with Gasteiger partial charge in [0.2, 0.25) is 5.91 Å². The smallest absolute Gasteiger partial charge is 0.412 e. The summed E-state index contributed by atoms with van der Waals surface area (Å²) in [6, 6.07) is 14.6. The van der Waals surface area contributed by atoms with E-state index in [0.717, 1.165) is 22.4 Å². The molecule has 3 aromatic rings. The van der Waals surface area contributed by atoms with E-state index < -0.39 is 11.7 Å². The van der Waals surface area contributed by atoms with Crippen molar-refractivity contribution < 1.29 is 14.3 Å². The fourth-order valence-corrected chi connectivity index (χ4v) is 2.85. The van der Waals surface area contributed by atoms with Crippen molar-refractivity contribution in [2.75, 3.05) is 5.32 Å². The molecule has 1 atom stereocenters. The van der Waals surface area contributed by atoms with Crippen LogP contribution in [0.5, 0.6) is 0 Å². The van der Waals surface area contributed by atoms with Gasteiger partial charge in [-0.25, -0.2) is 9.78 Å². The molecule has 7 nitrogen and oxygen atoms in total. The highest BCUT2D eigenvalue weighted by Crippen LogP contribution is 2.16. The molecule has 3 N–H and O–H groups in total. The van der Waals surface area contributed by atoms with Crippen molar-refractivity contribution in [3.05, 3.63) is 59.9 Å². The summed E-state index contributed by atoms with van der Waals surface area (Å²) < 4.78 is 5.22. The van der Waals surface area contributed by atoms with Gasteiger partial charge in [-0.1, -0.05) is 24.3 Å². The number of aromatic nitrogens is 2. The quantitative estimate of drug-likeness (QED) is 0.600. The fraction of sp³-hybridized carbons (Fsp3) is 0.318. The average molecular weight is 394 g/mol. The second-order valence-corrected chi connectivity index (χ2v) is 7.93. The molecule has 7 heteroatoms. The van der Waals surface area contributed by atoms with Gasteiger partial charge in [-0.15, -0.1) is 0 Å². The van der Waals surface area contributed by atoms with Crippen LogP contribution in [0.2, 0.25) is 0 Å². The van der Waals surface area contributed by atoms with E-state index in [9.17, 15) is 9.59 Å². The molecule has 0 saturated heterocycles. The zero-order valence-electron chi connectivity index (χ0n) is 17.1. The SMILES string of the molecule is CC(NC(=O)Cc1ccc(NC(=O)OC(C)(C)C)cc1)c1nc2ccccc2[nH]1. The van der Waals surface area contributed by atoms with E-state index in [1.165, 1.54) is 0 Å². The fourth-order valence-electron chi connectivity index (χ4n) is 2.85. The lowest BCUT2D eigenvalue weighted by molar-refractivity contribution is -0.121. The first-order chi connectivity index (χ1) is 13.7. The Hall–Kier alpha value is -3.35. The van der Waals surface area contributed by atoms with Crippen molar-refractivity contribution in [2.45, 2.75) is 45.8 Å². The van der Waals surface area contributed by atoms with E-state index in [-0.39, 0.29) is 18.4 Å². The summed E-state index contributed by atoms with van der Waals surface area (Å²) in [5.74, 6) is 0.613. The van der Waals surface area contributed by atoms with Gasteiger partial charge in [0.1, 0.15) is 11.4 Å². The third kappa shape index (κ3) is 5.81. The van der Waals surface area contributed by atoms with Gasteiger partial charge in [0.05, 0.1) is 23.5 Å². The minimum Gasteiger partial charge on any atom is -0.444 e. The molecule has 29 heavy (non-hydrogen) atoms. The van der Waals surface area contributed by atoms with Crippen molar-refractivity contribution in [2.24, 2.45) is 0 Å². The number of benzene rings is 2. The van der Waals surface area contributed by atoms with Crippen LogP contribution in [0.3, 0.4) is 0 Å². The predicted octanol–water partition coefficient (Wildman–Crippen LogP) is 4.33. The van der Waals surface area contributed by atoms with Gasteiger partial charge in [0.25, 0.3) is 0 Å². The first-order valence-electron chi connectivity index (χ1n) is 9.52. The van der Waals surface area contributed by atoms with Crippen LogP contribution in [-0.4, -0.2) is 27.6 Å². The van der Waals surface area contributed by atoms with Gasteiger partial charge >= 0.3 is 6.09 Å². The number of anilines is 1. The lowest BCUT2D eigenvalue weighted by Gasteiger charge is -2.19. The Morgan fingerprint density at radius 1 is 1.10 bits per heavy atom. The number of fused-ring (bicyclic) bond motifs is 1. The highest BCUT2D eigenvalue weighted by atomic mass is 16.6. The summed E-state index contributed by atoms with van der Waals surface area (Å²) >= 11 is 0. The number of rotatable bonds is 5. The van der Waals surface area contributed by atoms with E-state index in [1.54, 1.807) is 45.0 Å². The number of nitrogens with one attached hydrogen (secondary N) is 3. The number of aromatic amines is 1. The zero-order chi connectivity index (χ0) is 21.0. The first kappa shape index (κ1) is 20.4. The molecule has 0 spiro atoms. The number of amides is 2. The topological polar surface area (TPSA) is 96.1 Å². The van der Waals surface area contributed by atoms with Crippen molar-refractivity contribution in [3.8, 4) is 0 Å². The van der Waals surface area contributed by atoms with Gasteiger partial charge < -0.3 is 15.0 Å². The maximum absolute atomic E-state index is 12.4. The summed E-state index contributed by atoms with van der Waals surface area (Å²) in [6.07, 6.45) is -0.278. The monoisotopic (exact) mass is 394 g/mol. The average Bonchev–Trinajstić information content (AvgIpc) is 3.06. The van der Waals surface area contributed by atoms with Gasteiger partial charge in [-0.05, 0) is 57.5 Å². The van der Waals surface area contributed by atoms with Crippen molar-refractivity contribution in [3.63, 3.8) is 0 Å². The third-order valence-corrected chi connectivity index (χ3v) is 4.16. The molecule has 0 radical (unpaired) electrons. The van der Waals surface area contributed by atoms with Gasteiger partial charge in [0, 0.05) is 5.69 Å². The van der Waals surface area contributed by atoms with Crippen LogP contribution >= 0.6 is 0 Å². The van der Waals surface area contributed by atoms with Crippen LogP contribution in [0.1, 0.15) is 45.1 Å². The third-order valence-electron chi connectivity index (χ3n) is 4.16. The van der Waals surface area contributed by atoms with Gasteiger partial charge in [0.15, 0.2) is 0 Å². The summed E-state index contributed by atoms with van der Waals surface area (Å²) in [4.78, 5) is 31.9. The largest absolute Gasteiger partial charge is 0.444 e. The molecule has 0 saturated carbocycles. The number of H-pyrrole nitrogens is 1. The number of ether oxygens (including phenoxy) is 1. The molecule has 1 aromatic heterocycles. The number of hydrogen-bond donors (Lipinski definition) is 3. The second kappa shape index (κ2) is 8.34. The summed E-state index contributed by atoms with van der Waals surface area (Å²) in [5, 5.41) is 5.63. The van der Waals surface area contributed by atoms with Gasteiger partial charge in [-0.3, -0.25) is 10.1 Å². The molecule has 1 heterocycles. The van der Waals surface area contributed by atoms with Crippen LogP contribution in [0.15, 0.2) is 48.5 Å². The maximum Gasteiger partial charge on any atom is 0.412 e. The van der Waals surface area contributed by atoms with E-state index in [1.807, 2.05) is 31.2 Å². The molecule has 0 fully saturated rings. The predicted molar refractivity (Wildman–Crippen MR) is 113 cm³/mol. The summed E-state index contributed by atoms with van der Waals surface area (Å²) in [7, 11) is 0. The van der Waals surface area contributed by atoms with Crippen molar-refractivity contribution in [1.82, 2.24) is 15.3 Å². The zero-order valence-corrected chi connectivity index (χ0v) is 17.1. The molecule has 2 amide bonds. The molecule has 1 unspecified atom stereocenters. The Morgan fingerprint density at radius 2 is 1.79 bits per heavy atom. The van der Waals surface area contributed by atoms with Crippen molar-refractivity contribution >= 4 is 28.7 Å². The van der Waals surface area contributed by atoms with Gasteiger partial charge in [-0.2, -0.15) is 0 Å². The number of para-hydroxylation sites is 2. The number of hydrogen-bond acceptors (Lipinski definition) is 4. The molecule has 0 aliphatic carbocycles. The number of carbonyl (C=O) groups is 2. The lowest BCUT2D eigenvalue weighted by Crippen LogP contribution is -2.28. The van der Waals surface area contributed by atoms with Crippen molar-refractivity contribution in [1.29, 1.82) is 0 Å². The normalized spacial score (nSPS) is 12.4. The minimum absolute atomic E-state index is 0.106. The van der Waals surface area contributed by atoms with E-state index >= 15 is 0 Å². The maximum atomic E-state index is 12.4. The highest BCUT2D eigenvalue weighted by molar-refractivity contribution is 5.85. The van der Waals surface area contributed by atoms with Crippen LogP contribution in [0.4, 0.5) is 10.5 Å². The Morgan fingerprint density at radius 3 is 2.45 bits per heavy atom. The molecule has 0 bridgehead atoms. The molecule has 2 aromatic carbocycles. The van der Waals surface area contributed by atoms with Crippen LogP contribution < -0.4 is 10.6 Å². The Labute approximate surface area is 169 Å².